The van der Waals surface area contributed by atoms with Crippen molar-refractivity contribution in [3.63, 3.8) is 0 Å². The summed E-state index contributed by atoms with van der Waals surface area (Å²) in [6.07, 6.45) is 2.33. The Labute approximate surface area is 110 Å². The van der Waals surface area contributed by atoms with Crippen molar-refractivity contribution in [1.82, 2.24) is 9.97 Å². The van der Waals surface area contributed by atoms with Crippen LogP contribution in [0, 0.1) is 5.92 Å². The topological polar surface area (TPSA) is 63.9 Å². The zero-order valence-corrected chi connectivity index (χ0v) is 11.0. The number of aromatic nitrogens is 2. The Morgan fingerprint density at radius 2 is 2.22 bits per heavy atom. The summed E-state index contributed by atoms with van der Waals surface area (Å²) in [7, 11) is 0. The van der Waals surface area contributed by atoms with Gasteiger partial charge in [-0.3, -0.25) is 0 Å². The molecule has 1 aromatic heterocycles. The minimum atomic E-state index is 0.752. The summed E-state index contributed by atoms with van der Waals surface area (Å²) in [5, 5.41) is 0.988. The Morgan fingerprint density at radius 1 is 1.39 bits per heavy atom. The Hall–Kier alpha value is -1.20. The van der Waals surface area contributed by atoms with Crippen LogP contribution in [0.15, 0.2) is 23.4 Å². The molecule has 2 aromatic rings. The lowest BCUT2D eigenvalue weighted by Crippen LogP contribution is -2.17. The van der Waals surface area contributed by atoms with Crippen LogP contribution >= 0.6 is 11.8 Å². The van der Waals surface area contributed by atoms with Gasteiger partial charge in [0.2, 0.25) is 0 Å². The molecule has 1 aliphatic rings. The van der Waals surface area contributed by atoms with Crippen molar-refractivity contribution in [2.45, 2.75) is 18.0 Å². The fraction of sp³-hybridized carbons (Fsp3) is 0.462. The third-order valence-electron chi connectivity index (χ3n) is 3.28. The van der Waals surface area contributed by atoms with E-state index in [1.165, 1.54) is 12.8 Å². The summed E-state index contributed by atoms with van der Waals surface area (Å²) in [5.41, 5.74) is 8.53. The normalized spacial score (nSPS) is 17.3. The van der Waals surface area contributed by atoms with Gasteiger partial charge in [-0.2, -0.15) is 0 Å². The van der Waals surface area contributed by atoms with E-state index in [0.717, 1.165) is 46.8 Å². The molecule has 1 fully saturated rings. The number of rotatable bonds is 3. The summed E-state index contributed by atoms with van der Waals surface area (Å²) < 4.78 is 5.37. The molecule has 0 amide bonds. The highest BCUT2D eigenvalue weighted by Gasteiger charge is 2.14. The van der Waals surface area contributed by atoms with Crippen molar-refractivity contribution in [2.24, 2.45) is 5.92 Å². The van der Waals surface area contributed by atoms with Gasteiger partial charge in [0, 0.05) is 24.7 Å². The second-order valence-corrected chi connectivity index (χ2v) is 5.69. The number of H-pyrrole nitrogens is 1. The molecule has 96 valence electrons. The molecule has 0 bridgehead atoms. The second-order valence-electron chi connectivity index (χ2n) is 4.69. The molecule has 3 N–H and O–H groups in total. The molecule has 3 rings (SSSR count). The van der Waals surface area contributed by atoms with Crippen molar-refractivity contribution in [1.29, 1.82) is 0 Å². The van der Waals surface area contributed by atoms with Gasteiger partial charge in [0.05, 0.1) is 11.0 Å². The number of thioether (sulfide) groups is 1. The molecule has 1 aliphatic heterocycles. The second kappa shape index (κ2) is 5.20. The van der Waals surface area contributed by atoms with E-state index in [1.807, 2.05) is 18.2 Å². The summed E-state index contributed by atoms with van der Waals surface area (Å²) in [6.45, 7) is 1.81. The highest BCUT2D eigenvalue weighted by atomic mass is 32.2. The monoisotopic (exact) mass is 263 g/mol. The van der Waals surface area contributed by atoms with E-state index in [0.29, 0.717) is 0 Å². The first-order chi connectivity index (χ1) is 8.81. The predicted octanol–water partition coefficient (Wildman–Crippen LogP) is 2.66. The van der Waals surface area contributed by atoms with Crippen LogP contribution in [0.5, 0.6) is 0 Å². The Kier molecular flexibility index (Phi) is 3.43. The summed E-state index contributed by atoms with van der Waals surface area (Å²) in [4.78, 5) is 7.88. The van der Waals surface area contributed by atoms with Gasteiger partial charge in [0.25, 0.3) is 0 Å². The molecule has 1 saturated heterocycles. The van der Waals surface area contributed by atoms with E-state index in [-0.39, 0.29) is 0 Å². The number of anilines is 1. The molecule has 0 unspecified atom stereocenters. The highest BCUT2D eigenvalue weighted by molar-refractivity contribution is 7.99. The van der Waals surface area contributed by atoms with E-state index in [9.17, 15) is 0 Å². The van der Waals surface area contributed by atoms with E-state index in [2.05, 4.69) is 9.97 Å². The first-order valence-electron chi connectivity index (χ1n) is 6.27. The number of hydrogen-bond donors (Lipinski definition) is 2. The summed E-state index contributed by atoms with van der Waals surface area (Å²) in [6, 6.07) is 5.77. The third kappa shape index (κ3) is 2.62. The fourth-order valence-corrected chi connectivity index (χ4v) is 3.25. The van der Waals surface area contributed by atoms with Crippen LogP contribution in [0.4, 0.5) is 5.69 Å². The number of nitrogen functional groups attached to an aromatic ring is 1. The van der Waals surface area contributed by atoms with Crippen LogP contribution in [-0.4, -0.2) is 28.9 Å². The van der Waals surface area contributed by atoms with Crippen molar-refractivity contribution in [3.8, 4) is 0 Å². The highest BCUT2D eigenvalue weighted by Crippen LogP contribution is 2.26. The van der Waals surface area contributed by atoms with Crippen molar-refractivity contribution in [3.05, 3.63) is 18.2 Å². The van der Waals surface area contributed by atoms with Gasteiger partial charge >= 0.3 is 0 Å². The van der Waals surface area contributed by atoms with Gasteiger partial charge in [-0.05, 0) is 37.0 Å². The quantitative estimate of drug-likeness (QED) is 0.660. The average molecular weight is 263 g/mol. The van der Waals surface area contributed by atoms with Gasteiger partial charge in [-0.1, -0.05) is 11.8 Å². The molecule has 0 spiro atoms. The number of benzene rings is 1. The van der Waals surface area contributed by atoms with E-state index in [4.69, 9.17) is 10.5 Å². The van der Waals surface area contributed by atoms with Crippen molar-refractivity contribution in [2.75, 3.05) is 24.7 Å². The fourth-order valence-electron chi connectivity index (χ4n) is 2.18. The Morgan fingerprint density at radius 3 is 3.06 bits per heavy atom. The lowest BCUT2D eigenvalue weighted by Gasteiger charge is -2.20. The maximum atomic E-state index is 5.76. The van der Waals surface area contributed by atoms with Crippen LogP contribution in [-0.2, 0) is 4.74 Å². The van der Waals surface area contributed by atoms with Gasteiger partial charge in [0.15, 0.2) is 5.16 Å². The number of ether oxygens (including phenoxy) is 1. The van der Waals surface area contributed by atoms with Crippen molar-refractivity contribution < 1.29 is 4.74 Å². The van der Waals surface area contributed by atoms with Crippen LogP contribution in [0.3, 0.4) is 0 Å². The predicted molar refractivity (Wildman–Crippen MR) is 74.8 cm³/mol. The standard InChI is InChI=1S/C13H17N3OS/c14-10-1-2-11-12(7-10)16-13(15-11)18-8-9-3-5-17-6-4-9/h1-2,7,9H,3-6,8,14H2,(H,15,16). The Bertz CT molecular complexity index is 534. The van der Waals surface area contributed by atoms with Crippen molar-refractivity contribution >= 4 is 28.5 Å². The Balaban J connectivity index is 1.67. The van der Waals surface area contributed by atoms with Crippen LogP contribution < -0.4 is 5.73 Å². The number of nitrogens with one attached hydrogen (secondary N) is 1. The van der Waals surface area contributed by atoms with Crippen LogP contribution in [0.2, 0.25) is 0 Å². The molecule has 2 heterocycles. The SMILES string of the molecule is Nc1ccc2nc(SCC3CCOCC3)[nH]c2c1. The van der Waals surface area contributed by atoms with E-state index < -0.39 is 0 Å². The zero-order valence-electron chi connectivity index (χ0n) is 10.2. The van der Waals surface area contributed by atoms with Gasteiger partial charge < -0.3 is 15.5 Å². The molecule has 0 atom stereocenters. The molecular weight excluding hydrogens is 246 g/mol. The molecule has 0 saturated carbocycles. The number of hydrogen-bond acceptors (Lipinski definition) is 4. The number of aromatic amines is 1. The molecule has 5 heteroatoms. The van der Waals surface area contributed by atoms with Crippen LogP contribution in [0.25, 0.3) is 11.0 Å². The lowest BCUT2D eigenvalue weighted by molar-refractivity contribution is 0.0728. The van der Waals surface area contributed by atoms with E-state index >= 15 is 0 Å². The third-order valence-corrected chi connectivity index (χ3v) is 4.39. The molecule has 1 aromatic carbocycles. The molecular formula is C13H17N3OS. The average Bonchev–Trinajstić information content (AvgIpc) is 2.79. The molecule has 18 heavy (non-hydrogen) atoms. The molecule has 0 radical (unpaired) electrons. The maximum absolute atomic E-state index is 5.76. The molecule has 0 aliphatic carbocycles. The van der Waals surface area contributed by atoms with Crippen LogP contribution in [0.1, 0.15) is 12.8 Å². The minimum Gasteiger partial charge on any atom is -0.399 e. The van der Waals surface area contributed by atoms with E-state index in [1.54, 1.807) is 11.8 Å². The first-order valence-corrected chi connectivity index (χ1v) is 7.25. The lowest BCUT2D eigenvalue weighted by atomic mass is 10.0. The smallest absolute Gasteiger partial charge is 0.166 e. The summed E-state index contributed by atoms with van der Waals surface area (Å²) >= 11 is 1.80. The van der Waals surface area contributed by atoms with Gasteiger partial charge in [-0.25, -0.2) is 4.98 Å². The van der Waals surface area contributed by atoms with Gasteiger partial charge in [-0.15, -0.1) is 0 Å². The number of nitrogens with two attached hydrogens (primary N) is 1. The van der Waals surface area contributed by atoms with Gasteiger partial charge in [0.1, 0.15) is 0 Å². The largest absolute Gasteiger partial charge is 0.399 e. The maximum Gasteiger partial charge on any atom is 0.166 e. The minimum absolute atomic E-state index is 0.752. The zero-order chi connectivity index (χ0) is 12.4. The first kappa shape index (κ1) is 11.9. The number of nitrogens with zero attached hydrogens (tertiary/aromatic N) is 1. The molecule has 4 nitrogen and oxygen atoms in total. The number of imidazole rings is 1. The summed E-state index contributed by atoms with van der Waals surface area (Å²) in [5.74, 6) is 1.86. The number of fused-ring (bicyclic) bond motifs is 1.